The summed E-state index contributed by atoms with van der Waals surface area (Å²) in [5.74, 6) is 2.48. The number of hydrogen-bond acceptors (Lipinski definition) is 7. The normalized spacial score (nSPS) is 30.7. The maximum atomic E-state index is 9.95. The third-order valence-corrected chi connectivity index (χ3v) is 5.62. The lowest BCUT2D eigenvalue weighted by Crippen LogP contribution is -2.41. The summed E-state index contributed by atoms with van der Waals surface area (Å²) in [5, 5.41) is 9.95. The molecule has 3 N–H and O–H groups in total. The van der Waals surface area contributed by atoms with E-state index in [4.69, 9.17) is 15.5 Å². The predicted octanol–water partition coefficient (Wildman–Crippen LogP) is 0.494. The molecular formula is C16H25N5O2. The fraction of sp³-hybridized carbons (Fsp3) is 0.750. The Morgan fingerprint density at radius 1 is 1.30 bits per heavy atom. The highest BCUT2D eigenvalue weighted by Crippen LogP contribution is 2.43. The molecule has 0 radical (unpaired) electrons. The lowest BCUT2D eigenvalue weighted by molar-refractivity contribution is -0.0410. The Morgan fingerprint density at radius 2 is 2.13 bits per heavy atom. The van der Waals surface area contributed by atoms with Gasteiger partial charge in [0.15, 0.2) is 0 Å². The zero-order chi connectivity index (χ0) is 15.9. The van der Waals surface area contributed by atoms with Crippen molar-refractivity contribution in [3.8, 4) is 0 Å². The maximum absolute atomic E-state index is 9.95. The number of aromatic nitrogens is 2. The van der Waals surface area contributed by atoms with E-state index in [1.165, 1.54) is 12.8 Å². The summed E-state index contributed by atoms with van der Waals surface area (Å²) in [6.07, 6.45) is 3.28. The molecular weight excluding hydrogens is 294 g/mol. The lowest BCUT2D eigenvalue weighted by Gasteiger charge is -2.36. The van der Waals surface area contributed by atoms with E-state index in [0.29, 0.717) is 11.7 Å². The van der Waals surface area contributed by atoms with Crippen LogP contribution in [0.1, 0.15) is 19.3 Å². The summed E-state index contributed by atoms with van der Waals surface area (Å²) in [6, 6.07) is 1.85. The van der Waals surface area contributed by atoms with Crippen LogP contribution in [0.15, 0.2) is 6.07 Å². The second-order valence-corrected chi connectivity index (χ2v) is 7.07. The van der Waals surface area contributed by atoms with Gasteiger partial charge in [0, 0.05) is 50.2 Å². The minimum atomic E-state index is -0.0637. The van der Waals surface area contributed by atoms with Gasteiger partial charge in [0.1, 0.15) is 11.6 Å². The average Bonchev–Trinajstić information content (AvgIpc) is 3.22. The van der Waals surface area contributed by atoms with Crippen LogP contribution in [0, 0.1) is 11.3 Å². The van der Waals surface area contributed by atoms with Crippen LogP contribution in [0.5, 0.6) is 0 Å². The number of fused-ring (bicyclic) bond motifs is 1. The number of anilines is 3. The van der Waals surface area contributed by atoms with Crippen LogP contribution in [0.2, 0.25) is 0 Å². The third-order valence-electron chi connectivity index (χ3n) is 5.62. The number of nitrogens with two attached hydrogens (primary N) is 1. The molecule has 0 bridgehead atoms. The molecule has 1 aromatic rings. The Hall–Kier alpha value is -1.60. The topological polar surface area (TPSA) is 87.7 Å². The predicted molar refractivity (Wildman–Crippen MR) is 88.5 cm³/mol. The first-order valence-electron chi connectivity index (χ1n) is 8.53. The highest BCUT2D eigenvalue weighted by Gasteiger charge is 2.48. The molecule has 0 unspecified atom stereocenters. The second kappa shape index (κ2) is 5.79. The summed E-state index contributed by atoms with van der Waals surface area (Å²) >= 11 is 0. The van der Waals surface area contributed by atoms with Crippen molar-refractivity contribution in [2.75, 3.05) is 61.5 Å². The van der Waals surface area contributed by atoms with Crippen molar-refractivity contribution >= 4 is 17.6 Å². The van der Waals surface area contributed by atoms with E-state index in [-0.39, 0.29) is 12.0 Å². The summed E-state index contributed by atoms with van der Waals surface area (Å²) < 4.78 is 5.62. The third kappa shape index (κ3) is 2.61. The van der Waals surface area contributed by atoms with Crippen LogP contribution in [0.3, 0.4) is 0 Å². The molecule has 4 rings (SSSR count). The van der Waals surface area contributed by atoms with Gasteiger partial charge in [-0.1, -0.05) is 0 Å². The van der Waals surface area contributed by atoms with Crippen LogP contribution in [-0.2, 0) is 4.74 Å². The molecule has 0 amide bonds. The molecule has 3 aliphatic heterocycles. The van der Waals surface area contributed by atoms with E-state index < -0.39 is 0 Å². The minimum absolute atomic E-state index is 0.0637. The van der Waals surface area contributed by atoms with Crippen molar-refractivity contribution in [2.45, 2.75) is 19.3 Å². The Bertz CT molecular complexity index is 578. The molecule has 0 aromatic carbocycles. The van der Waals surface area contributed by atoms with E-state index >= 15 is 0 Å². The Kier molecular flexibility index (Phi) is 3.77. The van der Waals surface area contributed by atoms with E-state index in [1.54, 1.807) is 0 Å². The van der Waals surface area contributed by atoms with Gasteiger partial charge < -0.3 is 25.4 Å². The molecule has 0 saturated carbocycles. The second-order valence-electron chi connectivity index (χ2n) is 7.07. The monoisotopic (exact) mass is 319 g/mol. The molecule has 0 spiro atoms. The molecule has 4 heterocycles. The van der Waals surface area contributed by atoms with Crippen LogP contribution in [0.25, 0.3) is 0 Å². The maximum Gasteiger partial charge on any atom is 0.229 e. The van der Waals surface area contributed by atoms with E-state index in [0.717, 1.165) is 57.6 Å². The van der Waals surface area contributed by atoms with Gasteiger partial charge in [-0.15, -0.1) is 0 Å². The van der Waals surface area contributed by atoms with Gasteiger partial charge in [0.25, 0.3) is 0 Å². The van der Waals surface area contributed by atoms with E-state index in [1.807, 2.05) is 6.07 Å². The number of nitrogen functional groups attached to an aromatic ring is 1. The van der Waals surface area contributed by atoms with Crippen molar-refractivity contribution in [3.63, 3.8) is 0 Å². The molecule has 2 atom stereocenters. The average molecular weight is 319 g/mol. The summed E-state index contributed by atoms with van der Waals surface area (Å²) in [7, 11) is 0. The van der Waals surface area contributed by atoms with Crippen molar-refractivity contribution in [1.82, 2.24) is 9.97 Å². The van der Waals surface area contributed by atoms with Crippen LogP contribution >= 0.6 is 0 Å². The Morgan fingerprint density at radius 3 is 2.87 bits per heavy atom. The number of nitrogens with zero attached hydrogens (tertiary/aromatic N) is 4. The molecule has 3 saturated heterocycles. The van der Waals surface area contributed by atoms with Gasteiger partial charge in [-0.3, -0.25) is 0 Å². The smallest absolute Gasteiger partial charge is 0.229 e. The number of rotatable bonds is 3. The first kappa shape index (κ1) is 15.0. The summed E-state index contributed by atoms with van der Waals surface area (Å²) in [6.45, 7) is 5.33. The molecule has 23 heavy (non-hydrogen) atoms. The van der Waals surface area contributed by atoms with Gasteiger partial charge in [-0.05, 0) is 19.3 Å². The fourth-order valence-electron chi connectivity index (χ4n) is 4.14. The standard InChI is InChI=1S/C16H25N5O2/c17-13-7-14(19-15(18-13)20-4-1-2-5-20)21-8-12-9-23-6-3-16(12,10-21)11-22/h7,12,22H,1-6,8-11H2,(H2,17,18,19)/t12-,16-/m1/s1. The zero-order valence-electron chi connectivity index (χ0n) is 13.4. The SMILES string of the molecule is Nc1cc(N2C[C@@H]3COCC[C@]3(CO)C2)nc(N2CCCC2)n1. The highest BCUT2D eigenvalue weighted by molar-refractivity contribution is 5.53. The highest BCUT2D eigenvalue weighted by atomic mass is 16.5. The number of aliphatic hydroxyl groups is 1. The van der Waals surface area contributed by atoms with Gasteiger partial charge >= 0.3 is 0 Å². The molecule has 1 aromatic heterocycles. The zero-order valence-corrected chi connectivity index (χ0v) is 13.4. The lowest BCUT2D eigenvalue weighted by atomic mass is 9.75. The largest absolute Gasteiger partial charge is 0.396 e. The van der Waals surface area contributed by atoms with Crippen molar-refractivity contribution in [2.24, 2.45) is 11.3 Å². The van der Waals surface area contributed by atoms with Gasteiger partial charge in [-0.2, -0.15) is 9.97 Å². The molecule has 126 valence electrons. The van der Waals surface area contributed by atoms with Crippen LogP contribution < -0.4 is 15.5 Å². The number of ether oxygens (including phenoxy) is 1. The molecule has 7 nitrogen and oxygen atoms in total. The summed E-state index contributed by atoms with van der Waals surface area (Å²) in [4.78, 5) is 13.6. The quantitative estimate of drug-likeness (QED) is 0.838. The van der Waals surface area contributed by atoms with E-state index in [9.17, 15) is 5.11 Å². The van der Waals surface area contributed by atoms with E-state index in [2.05, 4.69) is 14.8 Å². The van der Waals surface area contributed by atoms with Crippen LogP contribution in [0.4, 0.5) is 17.6 Å². The van der Waals surface area contributed by atoms with Gasteiger partial charge in [-0.25, -0.2) is 0 Å². The fourth-order valence-corrected chi connectivity index (χ4v) is 4.14. The number of aliphatic hydroxyl groups excluding tert-OH is 1. The number of hydrogen-bond donors (Lipinski definition) is 2. The Balaban J connectivity index is 1.60. The van der Waals surface area contributed by atoms with Crippen LogP contribution in [-0.4, -0.2) is 61.1 Å². The minimum Gasteiger partial charge on any atom is -0.396 e. The van der Waals surface area contributed by atoms with Gasteiger partial charge in [0.2, 0.25) is 5.95 Å². The first-order valence-corrected chi connectivity index (χ1v) is 8.53. The van der Waals surface area contributed by atoms with Crippen molar-refractivity contribution in [1.29, 1.82) is 0 Å². The first-order chi connectivity index (χ1) is 11.2. The van der Waals surface area contributed by atoms with Crippen molar-refractivity contribution < 1.29 is 9.84 Å². The molecule has 3 fully saturated rings. The summed E-state index contributed by atoms with van der Waals surface area (Å²) in [5.41, 5.74) is 5.96. The molecule has 0 aliphatic carbocycles. The van der Waals surface area contributed by atoms with Gasteiger partial charge in [0.05, 0.1) is 13.2 Å². The Labute approximate surface area is 136 Å². The molecule has 7 heteroatoms. The molecule has 3 aliphatic rings. The van der Waals surface area contributed by atoms with Crippen molar-refractivity contribution in [3.05, 3.63) is 6.07 Å².